The zero-order valence-corrected chi connectivity index (χ0v) is 10.3. The predicted octanol–water partition coefficient (Wildman–Crippen LogP) is 0.798. The highest BCUT2D eigenvalue weighted by atomic mass is 16.5. The molecule has 2 amide bonds. The second-order valence-electron chi connectivity index (χ2n) is 3.61. The van der Waals surface area contributed by atoms with E-state index in [0.717, 1.165) is 4.90 Å². The van der Waals surface area contributed by atoms with Crippen LogP contribution in [0.3, 0.4) is 0 Å². The third-order valence-corrected chi connectivity index (χ3v) is 2.43. The summed E-state index contributed by atoms with van der Waals surface area (Å²) >= 11 is 0. The number of urea groups is 1. The molecule has 1 rings (SSSR count). The van der Waals surface area contributed by atoms with Crippen molar-refractivity contribution < 1.29 is 19.4 Å². The van der Waals surface area contributed by atoms with Gasteiger partial charge in [0.15, 0.2) is 6.10 Å². The van der Waals surface area contributed by atoms with E-state index >= 15 is 0 Å². The molecule has 0 heterocycles. The van der Waals surface area contributed by atoms with Crippen molar-refractivity contribution in [3.63, 3.8) is 0 Å². The number of carbonyl (C=O) groups is 2. The van der Waals surface area contributed by atoms with Gasteiger partial charge in [0.25, 0.3) is 0 Å². The van der Waals surface area contributed by atoms with Crippen molar-refractivity contribution in [1.82, 2.24) is 0 Å². The molecule has 1 aromatic carbocycles. The molecule has 0 aromatic heterocycles. The minimum atomic E-state index is -1.44. The number of ether oxygens (including phenoxy) is 1. The van der Waals surface area contributed by atoms with Crippen molar-refractivity contribution in [2.45, 2.75) is 13.0 Å². The standard InChI is InChI=1S/C12H16N2O4/c1-3-18-11(16)10(15)8-6-4-5-7-9(8)14(2)12(13)17/h4-7,10,15H,3H2,1-2H3,(H2,13,17). The number of hydrogen-bond acceptors (Lipinski definition) is 4. The van der Waals surface area contributed by atoms with Gasteiger partial charge < -0.3 is 15.6 Å². The van der Waals surface area contributed by atoms with E-state index in [1.807, 2.05) is 0 Å². The molecule has 1 aromatic rings. The molecule has 0 aliphatic carbocycles. The topological polar surface area (TPSA) is 92.9 Å². The van der Waals surface area contributed by atoms with Crippen LogP contribution in [0, 0.1) is 0 Å². The lowest BCUT2D eigenvalue weighted by atomic mass is 10.1. The fraction of sp³-hybridized carbons (Fsp3) is 0.333. The van der Waals surface area contributed by atoms with E-state index in [9.17, 15) is 14.7 Å². The highest BCUT2D eigenvalue weighted by Gasteiger charge is 2.23. The Hall–Kier alpha value is -2.08. The van der Waals surface area contributed by atoms with E-state index in [2.05, 4.69) is 0 Å². The van der Waals surface area contributed by atoms with Gasteiger partial charge in [0.1, 0.15) is 0 Å². The van der Waals surface area contributed by atoms with E-state index in [0.29, 0.717) is 5.69 Å². The molecular weight excluding hydrogens is 236 g/mol. The lowest BCUT2D eigenvalue weighted by Crippen LogP contribution is -2.33. The number of nitrogens with two attached hydrogens (primary N) is 1. The van der Waals surface area contributed by atoms with Gasteiger partial charge in [-0.25, -0.2) is 9.59 Å². The summed E-state index contributed by atoms with van der Waals surface area (Å²) in [5, 5.41) is 9.88. The lowest BCUT2D eigenvalue weighted by Gasteiger charge is -2.20. The Labute approximate surface area is 105 Å². The van der Waals surface area contributed by atoms with Gasteiger partial charge in [-0.05, 0) is 13.0 Å². The summed E-state index contributed by atoms with van der Waals surface area (Å²) in [4.78, 5) is 23.8. The van der Waals surface area contributed by atoms with E-state index in [-0.39, 0.29) is 12.2 Å². The van der Waals surface area contributed by atoms with Gasteiger partial charge in [0.05, 0.1) is 12.3 Å². The van der Waals surface area contributed by atoms with Gasteiger partial charge in [-0.2, -0.15) is 0 Å². The lowest BCUT2D eigenvalue weighted by molar-refractivity contribution is -0.153. The fourth-order valence-corrected chi connectivity index (χ4v) is 1.49. The molecular formula is C12H16N2O4. The smallest absolute Gasteiger partial charge is 0.339 e. The second-order valence-corrected chi connectivity index (χ2v) is 3.61. The SMILES string of the molecule is CCOC(=O)C(O)c1ccccc1N(C)C(N)=O. The summed E-state index contributed by atoms with van der Waals surface area (Å²) in [5.41, 5.74) is 5.80. The molecule has 0 saturated heterocycles. The number of nitrogens with zero attached hydrogens (tertiary/aromatic N) is 1. The van der Waals surface area contributed by atoms with Crippen molar-refractivity contribution in [2.24, 2.45) is 5.73 Å². The minimum absolute atomic E-state index is 0.170. The van der Waals surface area contributed by atoms with E-state index < -0.39 is 18.1 Å². The largest absolute Gasteiger partial charge is 0.464 e. The summed E-state index contributed by atoms with van der Waals surface area (Å²) in [5.74, 6) is -0.761. The molecule has 98 valence electrons. The zero-order valence-electron chi connectivity index (χ0n) is 10.3. The first-order valence-corrected chi connectivity index (χ1v) is 5.45. The van der Waals surface area contributed by atoms with E-state index in [4.69, 9.17) is 10.5 Å². The third kappa shape index (κ3) is 2.98. The van der Waals surface area contributed by atoms with Crippen LogP contribution in [0.4, 0.5) is 10.5 Å². The highest BCUT2D eigenvalue weighted by Crippen LogP contribution is 2.26. The van der Waals surface area contributed by atoms with Crippen LogP contribution in [0.1, 0.15) is 18.6 Å². The Morgan fingerprint density at radius 2 is 2.06 bits per heavy atom. The number of anilines is 1. The number of amides is 2. The quantitative estimate of drug-likeness (QED) is 0.775. The van der Waals surface area contributed by atoms with Crippen molar-refractivity contribution in [3.8, 4) is 0 Å². The fourth-order valence-electron chi connectivity index (χ4n) is 1.49. The number of esters is 1. The number of aliphatic hydroxyl groups excluding tert-OH is 1. The van der Waals surface area contributed by atoms with Crippen LogP contribution < -0.4 is 10.6 Å². The normalized spacial score (nSPS) is 11.7. The minimum Gasteiger partial charge on any atom is -0.464 e. The van der Waals surface area contributed by atoms with E-state index in [1.54, 1.807) is 25.1 Å². The first kappa shape index (κ1) is 14.0. The van der Waals surface area contributed by atoms with Gasteiger partial charge in [0.2, 0.25) is 0 Å². The number of benzene rings is 1. The molecule has 18 heavy (non-hydrogen) atoms. The molecule has 0 spiro atoms. The number of carbonyl (C=O) groups excluding carboxylic acids is 2. The molecule has 0 aliphatic rings. The number of aliphatic hydroxyl groups is 1. The van der Waals surface area contributed by atoms with Gasteiger partial charge >= 0.3 is 12.0 Å². The van der Waals surface area contributed by atoms with Crippen molar-refractivity contribution in [2.75, 3.05) is 18.6 Å². The molecule has 6 nitrogen and oxygen atoms in total. The Bertz CT molecular complexity index is 447. The van der Waals surface area contributed by atoms with Gasteiger partial charge in [-0.3, -0.25) is 4.90 Å². The monoisotopic (exact) mass is 252 g/mol. The summed E-state index contributed by atoms with van der Waals surface area (Å²) in [6.45, 7) is 1.82. The van der Waals surface area contributed by atoms with Gasteiger partial charge in [-0.15, -0.1) is 0 Å². The van der Waals surface area contributed by atoms with Gasteiger partial charge in [-0.1, -0.05) is 18.2 Å². The predicted molar refractivity (Wildman–Crippen MR) is 66.0 cm³/mol. The maximum absolute atomic E-state index is 11.5. The number of rotatable bonds is 4. The molecule has 1 unspecified atom stereocenters. The molecule has 1 atom stereocenters. The number of para-hydroxylation sites is 1. The molecule has 0 bridgehead atoms. The van der Waals surface area contributed by atoms with Crippen LogP contribution in [-0.2, 0) is 9.53 Å². The van der Waals surface area contributed by atoms with Crippen LogP contribution in [0.2, 0.25) is 0 Å². The highest BCUT2D eigenvalue weighted by molar-refractivity contribution is 5.92. The molecule has 0 fully saturated rings. The number of hydrogen-bond donors (Lipinski definition) is 2. The molecule has 0 saturated carbocycles. The molecule has 6 heteroatoms. The zero-order chi connectivity index (χ0) is 13.7. The van der Waals surface area contributed by atoms with Crippen LogP contribution in [0.25, 0.3) is 0 Å². The Morgan fingerprint density at radius 1 is 1.44 bits per heavy atom. The average Bonchev–Trinajstić information content (AvgIpc) is 2.37. The Balaban J connectivity index is 3.09. The van der Waals surface area contributed by atoms with Crippen molar-refractivity contribution >= 4 is 17.7 Å². The summed E-state index contributed by atoms with van der Waals surface area (Å²) in [7, 11) is 1.46. The van der Waals surface area contributed by atoms with Gasteiger partial charge in [0, 0.05) is 12.6 Å². The summed E-state index contributed by atoms with van der Waals surface area (Å²) < 4.78 is 4.73. The Kier molecular flexibility index (Phi) is 4.67. The first-order chi connectivity index (χ1) is 8.49. The van der Waals surface area contributed by atoms with E-state index in [1.165, 1.54) is 13.1 Å². The molecule has 3 N–H and O–H groups in total. The molecule has 0 aliphatic heterocycles. The maximum atomic E-state index is 11.5. The summed E-state index contributed by atoms with van der Waals surface area (Å²) in [6.07, 6.45) is -1.44. The van der Waals surface area contributed by atoms with Crippen LogP contribution >= 0.6 is 0 Å². The first-order valence-electron chi connectivity index (χ1n) is 5.45. The summed E-state index contributed by atoms with van der Waals surface area (Å²) in [6, 6.07) is 5.77. The molecule has 0 radical (unpaired) electrons. The van der Waals surface area contributed by atoms with Crippen LogP contribution in [0.15, 0.2) is 24.3 Å². The van der Waals surface area contributed by atoms with Crippen LogP contribution in [0.5, 0.6) is 0 Å². The Morgan fingerprint density at radius 3 is 2.61 bits per heavy atom. The maximum Gasteiger partial charge on any atom is 0.339 e. The number of primary amides is 1. The third-order valence-electron chi connectivity index (χ3n) is 2.43. The van der Waals surface area contributed by atoms with Crippen LogP contribution in [-0.4, -0.2) is 30.8 Å². The van der Waals surface area contributed by atoms with Crippen molar-refractivity contribution in [3.05, 3.63) is 29.8 Å². The second kappa shape index (κ2) is 6.02. The van der Waals surface area contributed by atoms with Crippen molar-refractivity contribution in [1.29, 1.82) is 0 Å². The average molecular weight is 252 g/mol.